The maximum atomic E-state index is 12.5. The summed E-state index contributed by atoms with van der Waals surface area (Å²) < 4.78 is 5.35. The van der Waals surface area contributed by atoms with Gasteiger partial charge in [0.2, 0.25) is 5.91 Å². The molecule has 0 radical (unpaired) electrons. The van der Waals surface area contributed by atoms with Crippen molar-refractivity contribution in [3.63, 3.8) is 0 Å². The fourth-order valence-electron chi connectivity index (χ4n) is 3.11. The number of ether oxygens (including phenoxy) is 1. The molecule has 0 spiro atoms. The Hall–Kier alpha value is -2.11. The molecule has 1 saturated carbocycles. The van der Waals surface area contributed by atoms with E-state index in [0.29, 0.717) is 17.6 Å². The maximum Gasteiger partial charge on any atom is 0.266 e. The molecule has 2 aliphatic rings. The van der Waals surface area contributed by atoms with Crippen molar-refractivity contribution in [3.05, 3.63) is 18.3 Å². The number of fused-ring (bicyclic) bond motifs is 1. The Labute approximate surface area is 130 Å². The third kappa shape index (κ3) is 2.91. The summed E-state index contributed by atoms with van der Waals surface area (Å²) in [5, 5.41) is 0. The molecular formula is C16H21N3O3. The van der Waals surface area contributed by atoms with E-state index in [0.717, 1.165) is 12.8 Å². The van der Waals surface area contributed by atoms with E-state index in [2.05, 4.69) is 4.98 Å². The van der Waals surface area contributed by atoms with Crippen LogP contribution >= 0.6 is 0 Å². The van der Waals surface area contributed by atoms with Gasteiger partial charge in [-0.1, -0.05) is 19.3 Å². The Kier molecular flexibility index (Phi) is 4.27. The lowest BCUT2D eigenvalue weighted by Crippen LogP contribution is -2.48. The largest absolute Gasteiger partial charge is 0.480 e. The predicted octanol–water partition coefficient (Wildman–Crippen LogP) is 1.60. The highest BCUT2D eigenvalue weighted by Gasteiger charge is 2.30. The molecule has 0 aromatic carbocycles. The van der Waals surface area contributed by atoms with Gasteiger partial charge >= 0.3 is 0 Å². The van der Waals surface area contributed by atoms with Crippen LogP contribution < -0.4 is 9.64 Å². The molecule has 0 atom stereocenters. The molecule has 1 aliphatic carbocycles. The molecule has 0 unspecified atom stereocenters. The second kappa shape index (κ2) is 6.34. The molecule has 1 aliphatic heterocycles. The van der Waals surface area contributed by atoms with E-state index in [1.807, 2.05) is 7.05 Å². The van der Waals surface area contributed by atoms with Crippen LogP contribution in [0.1, 0.15) is 32.1 Å². The summed E-state index contributed by atoms with van der Waals surface area (Å²) in [6.45, 7) is -0.0156. The zero-order valence-corrected chi connectivity index (χ0v) is 12.8. The standard InChI is InChI=1S/C16H21N3O3/c1-18(12-6-3-2-4-7-12)14(20)10-19-15(21)11-22-13-8-5-9-17-16(13)19/h5,8-9,12H,2-4,6-7,10-11H2,1H3. The number of aromatic nitrogens is 1. The lowest BCUT2D eigenvalue weighted by atomic mass is 9.94. The molecule has 1 aromatic rings. The van der Waals surface area contributed by atoms with Crippen molar-refractivity contribution in [1.29, 1.82) is 0 Å². The lowest BCUT2D eigenvalue weighted by molar-refractivity contribution is -0.133. The number of carbonyl (C=O) groups excluding carboxylic acids is 2. The number of anilines is 1. The third-order valence-electron chi connectivity index (χ3n) is 4.47. The minimum Gasteiger partial charge on any atom is -0.480 e. The first-order valence-electron chi connectivity index (χ1n) is 7.80. The normalized spacial score (nSPS) is 18.6. The highest BCUT2D eigenvalue weighted by molar-refractivity contribution is 6.01. The van der Waals surface area contributed by atoms with Gasteiger partial charge in [0.05, 0.1) is 0 Å². The predicted molar refractivity (Wildman–Crippen MR) is 81.7 cm³/mol. The Morgan fingerprint density at radius 3 is 2.95 bits per heavy atom. The molecule has 6 nitrogen and oxygen atoms in total. The summed E-state index contributed by atoms with van der Waals surface area (Å²) >= 11 is 0. The Bertz CT molecular complexity index is 570. The second-order valence-corrected chi connectivity index (χ2v) is 5.89. The fraction of sp³-hybridized carbons (Fsp3) is 0.562. The van der Waals surface area contributed by atoms with Crippen molar-refractivity contribution < 1.29 is 14.3 Å². The average Bonchev–Trinajstić information content (AvgIpc) is 2.57. The number of carbonyl (C=O) groups is 2. The number of amides is 2. The zero-order valence-electron chi connectivity index (χ0n) is 12.8. The van der Waals surface area contributed by atoms with E-state index >= 15 is 0 Å². The lowest BCUT2D eigenvalue weighted by Gasteiger charge is -2.34. The Morgan fingerprint density at radius 1 is 1.41 bits per heavy atom. The molecule has 3 rings (SSSR count). The number of nitrogens with zero attached hydrogens (tertiary/aromatic N) is 3. The van der Waals surface area contributed by atoms with Crippen molar-refractivity contribution >= 4 is 17.6 Å². The van der Waals surface area contributed by atoms with Gasteiger partial charge in [0.15, 0.2) is 18.2 Å². The Balaban J connectivity index is 1.71. The summed E-state index contributed by atoms with van der Waals surface area (Å²) in [5.74, 6) is 0.717. The van der Waals surface area contributed by atoms with Gasteiger partial charge in [-0.2, -0.15) is 0 Å². The molecule has 0 saturated heterocycles. The smallest absolute Gasteiger partial charge is 0.266 e. The maximum absolute atomic E-state index is 12.5. The van der Waals surface area contributed by atoms with Crippen molar-refractivity contribution in [2.24, 2.45) is 0 Å². The van der Waals surface area contributed by atoms with Crippen molar-refractivity contribution in [2.45, 2.75) is 38.1 Å². The second-order valence-electron chi connectivity index (χ2n) is 5.89. The van der Waals surface area contributed by atoms with Crippen LogP contribution in [0.3, 0.4) is 0 Å². The monoisotopic (exact) mass is 303 g/mol. The summed E-state index contributed by atoms with van der Waals surface area (Å²) in [6.07, 6.45) is 7.29. The van der Waals surface area contributed by atoms with Crippen LogP contribution in [0.2, 0.25) is 0 Å². The minimum atomic E-state index is -0.225. The first-order chi connectivity index (χ1) is 10.7. The highest BCUT2D eigenvalue weighted by atomic mass is 16.5. The quantitative estimate of drug-likeness (QED) is 0.851. The first-order valence-corrected chi connectivity index (χ1v) is 7.80. The van der Waals surface area contributed by atoms with Gasteiger partial charge in [-0.3, -0.25) is 14.5 Å². The van der Waals surface area contributed by atoms with E-state index in [1.165, 1.54) is 24.2 Å². The van der Waals surface area contributed by atoms with Crippen LogP contribution in [0.4, 0.5) is 5.82 Å². The molecule has 2 amide bonds. The minimum absolute atomic E-state index is 0.0270. The van der Waals surface area contributed by atoms with E-state index < -0.39 is 0 Å². The number of pyridine rings is 1. The summed E-state index contributed by atoms with van der Waals surface area (Å²) in [4.78, 5) is 32.0. The van der Waals surface area contributed by atoms with Crippen LogP contribution in [-0.4, -0.2) is 47.9 Å². The molecular weight excluding hydrogens is 282 g/mol. The van der Waals surface area contributed by atoms with E-state index in [9.17, 15) is 9.59 Å². The molecule has 1 fully saturated rings. The van der Waals surface area contributed by atoms with Gasteiger partial charge in [-0.15, -0.1) is 0 Å². The van der Waals surface area contributed by atoms with Crippen molar-refractivity contribution in [3.8, 4) is 5.75 Å². The molecule has 22 heavy (non-hydrogen) atoms. The number of hydrogen-bond donors (Lipinski definition) is 0. The highest BCUT2D eigenvalue weighted by Crippen LogP contribution is 2.29. The zero-order chi connectivity index (χ0) is 15.5. The van der Waals surface area contributed by atoms with Crippen LogP contribution in [0.5, 0.6) is 5.75 Å². The number of hydrogen-bond acceptors (Lipinski definition) is 4. The van der Waals surface area contributed by atoms with E-state index in [-0.39, 0.29) is 25.0 Å². The first kappa shape index (κ1) is 14.8. The van der Waals surface area contributed by atoms with Crippen molar-refractivity contribution in [2.75, 3.05) is 25.1 Å². The topological polar surface area (TPSA) is 62.7 Å². The van der Waals surface area contributed by atoms with Gasteiger partial charge in [0.25, 0.3) is 5.91 Å². The molecule has 0 N–H and O–H groups in total. The van der Waals surface area contributed by atoms with Gasteiger partial charge in [-0.25, -0.2) is 4.98 Å². The summed E-state index contributed by atoms with van der Waals surface area (Å²) in [7, 11) is 1.84. The van der Waals surface area contributed by atoms with Crippen LogP contribution in [0.25, 0.3) is 0 Å². The van der Waals surface area contributed by atoms with E-state index in [1.54, 1.807) is 23.2 Å². The summed E-state index contributed by atoms with van der Waals surface area (Å²) in [5.41, 5.74) is 0. The molecule has 0 bridgehead atoms. The van der Waals surface area contributed by atoms with Gasteiger partial charge in [0, 0.05) is 19.3 Å². The Morgan fingerprint density at radius 2 is 2.18 bits per heavy atom. The number of rotatable bonds is 3. The molecule has 2 heterocycles. The van der Waals surface area contributed by atoms with Gasteiger partial charge in [-0.05, 0) is 25.0 Å². The van der Waals surface area contributed by atoms with Crippen LogP contribution in [-0.2, 0) is 9.59 Å². The number of likely N-dealkylation sites (N-methyl/N-ethyl adjacent to an activating group) is 1. The fourth-order valence-corrected chi connectivity index (χ4v) is 3.11. The average molecular weight is 303 g/mol. The SMILES string of the molecule is CN(C(=O)CN1C(=O)COc2cccnc21)C1CCCCC1. The van der Waals surface area contributed by atoms with Gasteiger partial charge < -0.3 is 9.64 Å². The molecule has 6 heteroatoms. The van der Waals surface area contributed by atoms with Gasteiger partial charge in [0.1, 0.15) is 6.54 Å². The van der Waals surface area contributed by atoms with E-state index in [4.69, 9.17) is 4.74 Å². The van der Waals surface area contributed by atoms with Crippen LogP contribution in [0, 0.1) is 0 Å². The van der Waals surface area contributed by atoms with Crippen molar-refractivity contribution in [1.82, 2.24) is 9.88 Å². The molecule has 1 aromatic heterocycles. The third-order valence-corrected chi connectivity index (χ3v) is 4.47. The van der Waals surface area contributed by atoms with Crippen LogP contribution in [0.15, 0.2) is 18.3 Å². The summed E-state index contributed by atoms with van der Waals surface area (Å²) in [6, 6.07) is 3.81. The molecule has 118 valence electrons.